The Balaban J connectivity index is 1.79. The SMILES string of the molecule is COc1cc(Cn2nc(C(F)(F)F)c(NC(=O)c3cc(C(N)=O)nc4cccc(F)c34)c2C)ccc1C#N. The number of aromatic nitrogens is 3. The number of rotatable bonds is 6. The number of anilines is 1. The number of amides is 2. The molecule has 2 aromatic carbocycles. The van der Waals surface area contributed by atoms with Crippen molar-refractivity contribution in [3.8, 4) is 11.8 Å². The molecule has 4 rings (SSSR count). The van der Waals surface area contributed by atoms with Crippen LogP contribution in [0.3, 0.4) is 0 Å². The Morgan fingerprint density at radius 3 is 2.58 bits per heavy atom. The number of pyridine rings is 1. The minimum atomic E-state index is -4.95. The number of hydrogen-bond acceptors (Lipinski definition) is 6. The molecule has 0 unspecified atom stereocenters. The number of halogens is 4. The molecule has 0 saturated heterocycles. The molecular formula is C25H18F4N6O3. The predicted octanol–water partition coefficient (Wildman–Crippen LogP) is 4.18. The highest BCUT2D eigenvalue weighted by Gasteiger charge is 2.39. The Kier molecular flexibility index (Phi) is 6.74. The second kappa shape index (κ2) is 9.81. The molecule has 0 bridgehead atoms. The molecule has 4 aromatic rings. The van der Waals surface area contributed by atoms with Crippen LogP contribution in [0, 0.1) is 24.1 Å². The Labute approximate surface area is 212 Å². The first kappa shape index (κ1) is 26.1. The molecule has 2 heterocycles. The Morgan fingerprint density at radius 2 is 1.95 bits per heavy atom. The maximum absolute atomic E-state index is 14.6. The van der Waals surface area contributed by atoms with Gasteiger partial charge in [-0.25, -0.2) is 9.37 Å². The quantitative estimate of drug-likeness (QED) is 0.362. The Bertz CT molecular complexity index is 1640. The molecular weight excluding hydrogens is 508 g/mol. The maximum atomic E-state index is 14.6. The smallest absolute Gasteiger partial charge is 0.437 e. The monoisotopic (exact) mass is 526 g/mol. The summed E-state index contributed by atoms with van der Waals surface area (Å²) in [4.78, 5) is 28.8. The zero-order chi connectivity index (χ0) is 27.8. The summed E-state index contributed by atoms with van der Waals surface area (Å²) in [7, 11) is 1.35. The van der Waals surface area contributed by atoms with Crippen molar-refractivity contribution >= 4 is 28.4 Å². The summed E-state index contributed by atoms with van der Waals surface area (Å²) in [5, 5.41) is 14.7. The summed E-state index contributed by atoms with van der Waals surface area (Å²) in [5.74, 6) is -2.77. The predicted molar refractivity (Wildman–Crippen MR) is 127 cm³/mol. The van der Waals surface area contributed by atoms with Crippen molar-refractivity contribution in [2.45, 2.75) is 19.6 Å². The average molecular weight is 526 g/mol. The first-order valence-corrected chi connectivity index (χ1v) is 10.9. The van der Waals surface area contributed by atoms with Crippen LogP contribution in [0.1, 0.15) is 43.4 Å². The van der Waals surface area contributed by atoms with Gasteiger partial charge in [0.25, 0.3) is 11.8 Å². The van der Waals surface area contributed by atoms with Gasteiger partial charge in [0.1, 0.15) is 23.3 Å². The van der Waals surface area contributed by atoms with E-state index in [2.05, 4.69) is 15.4 Å². The number of nitrogens with one attached hydrogen (secondary N) is 1. The number of methoxy groups -OCH3 is 1. The van der Waals surface area contributed by atoms with Gasteiger partial charge in [-0.3, -0.25) is 14.3 Å². The first-order valence-electron chi connectivity index (χ1n) is 10.9. The lowest BCUT2D eigenvalue weighted by atomic mass is 10.1. The number of ether oxygens (including phenoxy) is 1. The Hall–Kier alpha value is -4.99. The standard InChI is InChI=1S/C25H18F4N6O3/c1-12-21(33-24(37)15-9-18(23(31)36)32-17-5-3-4-16(26)20(15)17)22(25(27,28)29)34-35(12)11-13-6-7-14(10-30)19(8-13)38-2/h3-9H,11H2,1-2H3,(H2,31,36)(H,33,37). The van der Waals surface area contributed by atoms with Gasteiger partial charge in [0.05, 0.1) is 41.7 Å². The van der Waals surface area contributed by atoms with Crippen molar-refractivity contribution in [3.05, 3.63) is 82.1 Å². The van der Waals surface area contributed by atoms with Crippen LogP contribution < -0.4 is 15.8 Å². The molecule has 9 nitrogen and oxygen atoms in total. The number of benzene rings is 2. The molecule has 0 spiro atoms. The van der Waals surface area contributed by atoms with E-state index in [4.69, 9.17) is 15.7 Å². The summed E-state index contributed by atoms with van der Waals surface area (Å²) in [6.45, 7) is 1.17. The molecule has 2 aromatic heterocycles. The average Bonchev–Trinajstić information content (AvgIpc) is 3.18. The number of carbonyl (C=O) groups is 2. The number of hydrogen-bond donors (Lipinski definition) is 2. The summed E-state index contributed by atoms with van der Waals surface area (Å²) in [6.07, 6.45) is -4.95. The molecule has 13 heteroatoms. The van der Waals surface area contributed by atoms with E-state index in [0.29, 0.717) is 5.56 Å². The van der Waals surface area contributed by atoms with Crippen molar-refractivity contribution in [1.29, 1.82) is 5.26 Å². The van der Waals surface area contributed by atoms with Gasteiger partial charge >= 0.3 is 6.18 Å². The summed E-state index contributed by atoms with van der Waals surface area (Å²) in [6, 6.07) is 11.0. The van der Waals surface area contributed by atoms with E-state index in [0.717, 1.165) is 16.8 Å². The maximum Gasteiger partial charge on any atom is 0.437 e. The lowest BCUT2D eigenvalue weighted by Gasteiger charge is -2.12. The van der Waals surface area contributed by atoms with Crippen molar-refractivity contribution in [2.24, 2.45) is 5.73 Å². The van der Waals surface area contributed by atoms with Crippen LogP contribution in [-0.4, -0.2) is 33.7 Å². The summed E-state index contributed by atoms with van der Waals surface area (Å²) in [5.41, 5.74) is 3.03. The highest BCUT2D eigenvalue weighted by atomic mass is 19.4. The fourth-order valence-electron chi connectivity index (χ4n) is 3.88. The number of alkyl halides is 3. The van der Waals surface area contributed by atoms with E-state index < -0.39 is 40.8 Å². The summed E-state index contributed by atoms with van der Waals surface area (Å²) < 4.78 is 62.6. The molecule has 0 aliphatic heterocycles. The van der Waals surface area contributed by atoms with E-state index in [9.17, 15) is 27.2 Å². The topological polar surface area (TPSA) is 136 Å². The van der Waals surface area contributed by atoms with E-state index >= 15 is 0 Å². The van der Waals surface area contributed by atoms with E-state index in [1.54, 1.807) is 0 Å². The number of carbonyl (C=O) groups excluding carboxylic acids is 2. The molecule has 38 heavy (non-hydrogen) atoms. The van der Waals surface area contributed by atoms with Gasteiger partial charge in [0, 0.05) is 5.39 Å². The number of nitriles is 1. The third-order valence-corrected chi connectivity index (χ3v) is 5.71. The highest BCUT2D eigenvalue weighted by molar-refractivity contribution is 6.14. The van der Waals surface area contributed by atoms with Gasteiger partial charge in [-0.1, -0.05) is 12.1 Å². The van der Waals surface area contributed by atoms with Crippen molar-refractivity contribution in [3.63, 3.8) is 0 Å². The van der Waals surface area contributed by atoms with Crippen molar-refractivity contribution in [1.82, 2.24) is 14.8 Å². The molecule has 0 aliphatic rings. The van der Waals surface area contributed by atoms with Crippen LogP contribution in [-0.2, 0) is 12.7 Å². The van der Waals surface area contributed by atoms with Gasteiger partial charge in [-0.15, -0.1) is 0 Å². The molecule has 0 fully saturated rings. The largest absolute Gasteiger partial charge is 0.495 e. The molecule has 0 radical (unpaired) electrons. The number of nitrogens with zero attached hydrogens (tertiary/aromatic N) is 4. The molecule has 2 amide bonds. The minimum absolute atomic E-state index is 0.0528. The zero-order valence-corrected chi connectivity index (χ0v) is 19.9. The van der Waals surface area contributed by atoms with Crippen LogP contribution in [0.15, 0.2) is 42.5 Å². The van der Waals surface area contributed by atoms with Gasteiger partial charge in [-0.05, 0) is 42.8 Å². The van der Waals surface area contributed by atoms with Gasteiger partial charge in [0.2, 0.25) is 0 Å². The van der Waals surface area contributed by atoms with Crippen LogP contribution >= 0.6 is 0 Å². The number of nitrogens with two attached hydrogens (primary N) is 1. The summed E-state index contributed by atoms with van der Waals surface area (Å²) >= 11 is 0. The van der Waals surface area contributed by atoms with Gasteiger partial charge in [-0.2, -0.15) is 23.5 Å². The van der Waals surface area contributed by atoms with Crippen LogP contribution in [0.2, 0.25) is 0 Å². The number of primary amides is 1. The Morgan fingerprint density at radius 1 is 1.21 bits per heavy atom. The zero-order valence-electron chi connectivity index (χ0n) is 19.9. The minimum Gasteiger partial charge on any atom is -0.495 e. The van der Waals surface area contributed by atoms with E-state index in [1.165, 1.54) is 44.4 Å². The third-order valence-electron chi connectivity index (χ3n) is 5.71. The first-order chi connectivity index (χ1) is 17.9. The fraction of sp³-hybridized carbons (Fsp3) is 0.160. The lowest BCUT2D eigenvalue weighted by molar-refractivity contribution is -0.140. The van der Waals surface area contributed by atoms with Crippen LogP contribution in [0.4, 0.5) is 23.2 Å². The van der Waals surface area contributed by atoms with Gasteiger partial charge in [0.15, 0.2) is 5.69 Å². The lowest BCUT2D eigenvalue weighted by Crippen LogP contribution is -2.20. The molecule has 0 aliphatic carbocycles. The second-order valence-corrected chi connectivity index (χ2v) is 8.12. The normalized spacial score (nSPS) is 11.3. The molecule has 0 saturated carbocycles. The van der Waals surface area contributed by atoms with E-state index in [-0.39, 0.29) is 40.1 Å². The third kappa shape index (κ3) is 4.83. The molecule has 194 valence electrons. The highest BCUT2D eigenvalue weighted by Crippen LogP contribution is 2.37. The van der Waals surface area contributed by atoms with Crippen molar-refractivity contribution in [2.75, 3.05) is 12.4 Å². The molecule has 3 N–H and O–H groups in total. The fourth-order valence-corrected chi connectivity index (χ4v) is 3.88. The second-order valence-electron chi connectivity index (χ2n) is 8.12. The van der Waals surface area contributed by atoms with E-state index in [1.807, 2.05) is 6.07 Å². The number of fused-ring (bicyclic) bond motifs is 1. The van der Waals surface area contributed by atoms with Gasteiger partial charge < -0.3 is 15.8 Å². The van der Waals surface area contributed by atoms with Crippen LogP contribution in [0.5, 0.6) is 5.75 Å². The van der Waals surface area contributed by atoms with Crippen LogP contribution in [0.25, 0.3) is 10.9 Å². The van der Waals surface area contributed by atoms with Crippen molar-refractivity contribution < 1.29 is 31.9 Å². The molecule has 0 atom stereocenters.